The van der Waals surface area contributed by atoms with Crippen molar-refractivity contribution < 1.29 is 19.8 Å². The van der Waals surface area contributed by atoms with Gasteiger partial charge in [-0.05, 0) is 36.2 Å². The van der Waals surface area contributed by atoms with E-state index in [0.29, 0.717) is 17.6 Å². The molecule has 0 aliphatic heterocycles. The monoisotopic (exact) mass is 386 g/mol. The maximum atomic E-state index is 11.4. The Morgan fingerprint density at radius 2 is 1.81 bits per heavy atom. The number of aryl methyl sites for hydroxylation is 1. The average Bonchev–Trinajstić information content (AvgIpc) is 2.95. The van der Waals surface area contributed by atoms with Crippen molar-refractivity contribution in [1.29, 1.82) is 0 Å². The van der Waals surface area contributed by atoms with E-state index in [2.05, 4.69) is 11.9 Å². The molecule has 140 valence electrons. The minimum Gasteiger partial charge on any atom is -0.478 e. The number of unbranched alkanes of at least 4 members (excludes halogenated alkanes) is 1. The second-order valence-electron chi connectivity index (χ2n) is 6.35. The Labute approximate surface area is 161 Å². The summed E-state index contributed by atoms with van der Waals surface area (Å²) in [6.45, 7) is 2.56. The molecule has 0 radical (unpaired) electrons. The largest absolute Gasteiger partial charge is 0.478 e. The first-order valence-electron chi connectivity index (χ1n) is 8.65. The van der Waals surface area contributed by atoms with Crippen molar-refractivity contribution in [3.63, 3.8) is 0 Å². The van der Waals surface area contributed by atoms with Crippen LogP contribution in [0.4, 0.5) is 0 Å². The first kappa shape index (κ1) is 18.9. The third-order valence-electron chi connectivity index (χ3n) is 4.44. The van der Waals surface area contributed by atoms with Crippen molar-refractivity contribution >= 4 is 34.6 Å². The summed E-state index contributed by atoms with van der Waals surface area (Å²) in [6.07, 6.45) is 2.73. The lowest BCUT2D eigenvalue weighted by atomic mass is 10.1. The molecule has 0 unspecified atom stereocenters. The number of benzene rings is 2. The molecule has 0 spiro atoms. The van der Waals surface area contributed by atoms with Crippen molar-refractivity contribution in [2.45, 2.75) is 32.7 Å². The van der Waals surface area contributed by atoms with E-state index < -0.39 is 11.9 Å². The lowest BCUT2D eigenvalue weighted by Crippen LogP contribution is -2.07. The third kappa shape index (κ3) is 3.95. The van der Waals surface area contributed by atoms with E-state index in [0.717, 1.165) is 30.7 Å². The van der Waals surface area contributed by atoms with Crippen molar-refractivity contribution in [2.24, 2.45) is 0 Å². The third-order valence-corrected chi connectivity index (χ3v) is 4.75. The van der Waals surface area contributed by atoms with E-state index in [1.807, 2.05) is 4.57 Å². The zero-order chi connectivity index (χ0) is 19.6. The second kappa shape index (κ2) is 7.80. The molecule has 2 N–H and O–H groups in total. The fourth-order valence-corrected chi connectivity index (χ4v) is 3.24. The van der Waals surface area contributed by atoms with E-state index in [1.165, 1.54) is 0 Å². The molecule has 7 heteroatoms. The van der Waals surface area contributed by atoms with Crippen LogP contribution in [-0.2, 0) is 13.0 Å². The molecule has 3 aromatic rings. The van der Waals surface area contributed by atoms with Gasteiger partial charge in [0.1, 0.15) is 5.82 Å². The Morgan fingerprint density at radius 1 is 1.11 bits per heavy atom. The van der Waals surface area contributed by atoms with Crippen molar-refractivity contribution in [1.82, 2.24) is 9.55 Å². The van der Waals surface area contributed by atoms with Gasteiger partial charge >= 0.3 is 11.9 Å². The number of aromatic carboxylic acids is 2. The number of rotatable bonds is 7. The predicted octanol–water partition coefficient (Wildman–Crippen LogP) is 4.48. The van der Waals surface area contributed by atoms with Crippen LogP contribution in [0.1, 0.15) is 51.9 Å². The summed E-state index contributed by atoms with van der Waals surface area (Å²) in [5, 5.41) is 18.6. The summed E-state index contributed by atoms with van der Waals surface area (Å²) in [7, 11) is 0. The number of hydrogen-bond donors (Lipinski definition) is 2. The molecule has 0 saturated heterocycles. The smallest absolute Gasteiger partial charge is 0.337 e. The maximum absolute atomic E-state index is 11.4. The summed E-state index contributed by atoms with van der Waals surface area (Å²) in [6, 6.07) is 9.76. The second-order valence-corrected chi connectivity index (χ2v) is 6.75. The van der Waals surface area contributed by atoms with Gasteiger partial charge in [0, 0.05) is 13.0 Å². The van der Waals surface area contributed by atoms with Crippen LogP contribution in [0.3, 0.4) is 0 Å². The van der Waals surface area contributed by atoms with Gasteiger partial charge < -0.3 is 14.8 Å². The van der Waals surface area contributed by atoms with Crippen LogP contribution in [0, 0.1) is 0 Å². The van der Waals surface area contributed by atoms with Gasteiger partial charge in [0.15, 0.2) is 0 Å². The number of fused-ring (bicyclic) bond motifs is 1. The Balaban J connectivity index is 2.08. The number of carboxylic acids is 2. The standard InChI is InChI=1S/C20H19ClN2O4/c1-2-3-4-18-22-16-10-15(21)14(20(26)27)9-17(16)23(18)11-12-5-7-13(8-6-12)19(24)25/h5-10H,2-4,11H2,1H3,(H,24,25)(H,26,27). The van der Waals surface area contributed by atoms with Crippen molar-refractivity contribution in [3.8, 4) is 0 Å². The highest BCUT2D eigenvalue weighted by Gasteiger charge is 2.17. The van der Waals surface area contributed by atoms with Gasteiger partial charge in [0.2, 0.25) is 0 Å². The van der Waals surface area contributed by atoms with E-state index in [4.69, 9.17) is 16.7 Å². The van der Waals surface area contributed by atoms with Crippen LogP contribution in [-0.4, -0.2) is 31.7 Å². The predicted molar refractivity (Wildman–Crippen MR) is 103 cm³/mol. The van der Waals surface area contributed by atoms with E-state index in [-0.39, 0.29) is 16.1 Å². The SMILES string of the molecule is CCCCc1nc2cc(Cl)c(C(=O)O)cc2n1Cc1ccc(C(=O)O)cc1. The van der Waals surface area contributed by atoms with Crippen LogP contribution >= 0.6 is 11.6 Å². The zero-order valence-electron chi connectivity index (χ0n) is 14.8. The Morgan fingerprint density at radius 3 is 2.41 bits per heavy atom. The molecule has 27 heavy (non-hydrogen) atoms. The molecule has 0 aliphatic rings. The molecule has 0 amide bonds. The molecule has 1 heterocycles. The number of nitrogens with zero attached hydrogens (tertiary/aromatic N) is 2. The fourth-order valence-electron chi connectivity index (χ4n) is 3.00. The molecule has 0 aliphatic carbocycles. The van der Waals surface area contributed by atoms with Gasteiger partial charge in [0.05, 0.1) is 27.2 Å². The van der Waals surface area contributed by atoms with Crippen LogP contribution in [0.2, 0.25) is 5.02 Å². The van der Waals surface area contributed by atoms with Gasteiger partial charge in [-0.3, -0.25) is 0 Å². The molecular weight excluding hydrogens is 368 g/mol. The first-order chi connectivity index (χ1) is 12.9. The van der Waals surface area contributed by atoms with Gasteiger partial charge in [-0.2, -0.15) is 0 Å². The highest BCUT2D eigenvalue weighted by molar-refractivity contribution is 6.34. The van der Waals surface area contributed by atoms with Gasteiger partial charge in [0.25, 0.3) is 0 Å². The molecule has 0 saturated carbocycles. The minimum atomic E-state index is -1.09. The highest BCUT2D eigenvalue weighted by atomic mass is 35.5. The molecule has 6 nitrogen and oxygen atoms in total. The molecule has 1 aromatic heterocycles. The summed E-state index contributed by atoms with van der Waals surface area (Å²) < 4.78 is 1.98. The number of carboxylic acid groups (broad SMARTS) is 2. The highest BCUT2D eigenvalue weighted by Crippen LogP contribution is 2.26. The van der Waals surface area contributed by atoms with Gasteiger partial charge in [-0.1, -0.05) is 37.1 Å². The summed E-state index contributed by atoms with van der Waals surface area (Å²) >= 11 is 6.09. The van der Waals surface area contributed by atoms with E-state index in [1.54, 1.807) is 36.4 Å². The first-order valence-corrected chi connectivity index (χ1v) is 9.02. The maximum Gasteiger partial charge on any atom is 0.337 e. The number of imidazole rings is 1. The van der Waals surface area contributed by atoms with Crippen molar-refractivity contribution in [3.05, 3.63) is 63.9 Å². The van der Waals surface area contributed by atoms with Crippen LogP contribution < -0.4 is 0 Å². The fraction of sp³-hybridized carbons (Fsp3) is 0.250. The van der Waals surface area contributed by atoms with Crippen LogP contribution in [0.5, 0.6) is 0 Å². The normalized spacial score (nSPS) is 11.0. The molecule has 0 bridgehead atoms. The Bertz CT molecular complexity index is 1010. The van der Waals surface area contributed by atoms with E-state index in [9.17, 15) is 14.7 Å². The quantitative estimate of drug-likeness (QED) is 0.624. The van der Waals surface area contributed by atoms with Crippen molar-refractivity contribution in [2.75, 3.05) is 0 Å². The Hall–Kier alpha value is -2.86. The lowest BCUT2D eigenvalue weighted by Gasteiger charge is -2.10. The zero-order valence-corrected chi connectivity index (χ0v) is 15.5. The van der Waals surface area contributed by atoms with Gasteiger partial charge in [-0.25, -0.2) is 14.6 Å². The summed E-state index contributed by atoms with van der Waals surface area (Å²) in [4.78, 5) is 27.1. The van der Waals surface area contributed by atoms with Gasteiger partial charge in [-0.15, -0.1) is 0 Å². The topological polar surface area (TPSA) is 92.4 Å². The van der Waals surface area contributed by atoms with Crippen LogP contribution in [0.25, 0.3) is 11.0 Å². The Kier molecular flexibility index (Phi) is 5.46. The molecular formula is C20H19ClN2O4. The molecule has 2 aromatic carbocycles. The number of aromatic nitrogens is 2. The summed E-state index contributed by atoms with van der Waals surface area (Å²) in [5.41, 5.74) is 2.52. The lowest BCUT2D eigenvalue weighted by molar-refractivity contribution is 0.0686. The molecule has 3 rings (SSSR count). The summed E-state index contributed by atoms with van der Waals surface area (Å²) in [5.74, 6) is -1.21. The minimum absolute atomic E-state index is 0.0357. The molecule has 0 atom stereocenters. The number of carbonyl (C=O) groups is 2. The number of hydrogen-bond acceptors (Lipinski definition) is 3. The van der Waals surface area contributed by atoms with E-state index >= 15 is 0 Å². The van der Waals surface area contributed by atoms with Crippen LogP contribution in [0.15, 0.2) is 36.4 Å². The molecule has 0 fully saturated rings. The average molecular weight is 387 g/mol. The number of halogens is 1.